The molecule has 4 heteroatoms. The molecular weight excluding hydrogens is 182 g/mol. The maximum Gasteiger partial charge on any atom is 0.0701 e. The fraction of sp³-hybridized carbons (Fsp3) is 1.00. The van der Waals surface area contributed by atoms with Crippen molar-refractivity contribution in [2.24, 2.45) is 5.73 Å². The van der Waals surface area contributed by atoms with Crippen molar-refractivity contribution in [1.29, 1.82) is 0 Å². The largest absolute Gasteiger partial charge is 0.382 e. The molecule has 0 aliphatic heterocycles. The highest BCUT2D eigenvalue weighted by Crippen LogP contribution is 1.93. The molecule has 0 saturated carbocycles. The summed E-state index contributed by atoms with van der Waals surface area (Å²) in [6.45, 7) is 5.23. The monoisotopic (exact) mass is 205 g/mol. The van der Waals surface area contributed by atoms with Crippen LogP contribution in [0.5, 0.6) is 0 Å². The summed E-state index contributed by atoms with van der Waals surface area (Å²) in [6, 6.07) is 0.166. The molecule has 1 atom stereocenters. The molecule has 4 nitrogen and oxygen atoms in total. The van der Waals surface area contributed by atoms with Gasteiger partial charge in [-0.2, -0.15) is 0 Å². The van der Waals surface area contributed by atoms with E-state index >= 15 is 0 Å². The van der Waals surface area contributed by atoms with Gasteiger partial charge in [0.05, 0.1) is 33.0 Å². The van der Waals surface area contributed by atoms with E-state index in [0.29, 0.717) is 33.0 Å². The van der Waals surface area contributed by atoms with Crippen molar-refractivity contribution in [2.45, 2.75) is 25.8 Å². The molecule has 0 bridgehead atoms. The molecule has 2 N–H and O–H groups in total. The number of hydrogen-bond acceptors (Lipinski definition) is 4. The number of nitrogens with two attached hydrogens (primary N) is 1. The second-order valence-electron chi connectivity index (χ2n) is 3.23. The van der Waals surface area contributed by atoms with Gasteiger partial charge in [0.15, 0.2) is 0 Å². The van der Waals surface area contributed by atoms with E-state index < -0.39 is 0 Å². The summed E-state index contributed by atoms with van der Waals surface area (Å²) >= 11 is 0. The third-order valence-corrected chi connectivity index (χ3v) is 1.80. The van der Waals surface area contributed by atoms with Crippen molar-refractivity contribution in [1.82, 2.24) is 0 Å². The van der Waals surface area contributed by atoms with Crippen molar-refractivity contribution in [2.75, 3.05) is 40.1 Å². The number of hydrogen-bond donors (Lipinski definition) is 1. The van der Waals surface area contributed by atoms with Gasteiger partial charge in [-0.3, -0.25) is 0 Å². The molecule has 0 amide bonds. The van der Waals surface area contributed by atoms with E-state index in [-0.39, 0.29) is 6.04 Å². The highest BCUT2D eigenvalue weighted by molar-refractivity contribution is 4.57. The lowest BCUT2D eigenvalue weighted by Crippen LogP contribution is -2.26. The standard InChI is InChI=1S/C10H23NO3/c1-3-4-10(11)9-14-8-7-13-6-5-12-2/h10H,3-9,11H2,1-2H3. The maximum absolute atomic E-state index is 5.76. The Morgan fingerprint density at radius 3 is 2.36 bits per heavy atom. The molecule has 14 heavy (non-hydrogen) atoms. The fourth-order valence-corrected chi connectivity index (χ4v) is 1.05. The molecule has 0 aromatic carbocycles. The van der Waals surface area contributed by atoms with Gasteiger partial charge in [-0.05, 0) is 6.42 Å². The van der Waals surface area contributed by atoms with E-state index in [9.17, 15) is 0 Å². The summed E-state index contributed by atoms with van der Waals surface area (Å²) in [5, 5.41) is 0. The Labute approximate surface area is 86.7 Å². The summed E-state index contributed by atoms with van der Waals surface area (Å²) in [7, 11) is 1.66. The average Bonchev–Trinajstić information content (AvgIpc) is 2.17. The topological polar surface area (TPSA) is 53.7 Å². The van der Waals surface area contributed by atoms with Crippen molar-refractivity contribution >= 4 is 0 Å². The summed E-state index contributed by atoms with van der Waals surface area (Å²) in [4.78, 5) is 0. The van der Waals surface area contributed by atoms with Crippen LogP contribution in [0.3, 0.4) is 0 Å². The van der Waals surface area contributed by atoms with Crippen LogP contribution >= 0.6 is 0 Å². The zero-order valence-electron chi connectivity index (χ0n) is 9.33. The molecule has 0 radical (unpaired) electrons. The highest BCUT2D eigenvalue weighted by Gasteiger charge is 1.99. The quantitative estimate of drug-likeness (QED) is 0.536. The molecule has 1 unspecified atom stereocenters. The minimum absolute atomic E-state index is 0.166. The third-order valence-electron chi connectivity index (χ3n) is 1.80. The van der Waals surface area contributed by atoms with Crippen molar-refractivity contribution in [3.8, 4) is 0 Å². The summed E-state index contributed by atoms with van der Waals surface area (Å²) in [6.07, 6.45) is 2.12. The highest BCUT2D eigenvalue weighted by atomic mass is 16.5. The van der Waals surface area contributed by atoms with Gasteiger partial charge in [-0.25, -0.2) is 0 Å². The molecule has 0 aromatic rings. The fourth-order valence-electron chi connectivity index (χ4n) is 1.05. The minimum atomic E-state index is 0.166. The molecule has 0 heterocycles. The first-order valence-electron chi connectivity index (χ1n) is 5.21. The summed E-state index contributed by atoms with van der Waals surface area (Å²) < 4.78 is 15.4. The van der Waals surface area contributed by atoms with E-state index in [1.165, 1.54) is 0 Å². The van der Waals surface area contributed by atoms with Crippen LogP contribution in [-0.2, 0) is 14.2 Å². The molecule has 0 aliphatic carbocycles. The van der Waals surface area contributed by atoms with Crippen LogP contribution in [0, 0.1) is 0 Å². The zero-order chi connectivity index (χ0) is 10.6. The van der Waals surface area contributed by atoms with Crippen LogP contribution in [0.1, 0.15) is 19.8 Å². The van der Waals surface area contributed by atoms with Crippen molar-refractivity contribution in [3.05, 3.63) is 0 Å². The molecule has 0 fully saturated rings. The molecule has 0 aliphatic rings. The Morgan fingerprint density at radius 2 is 1.71 bits per heavy atom. The van der Waals surface area contributed by atoms with Gasteiger partial charge in [-0.1, -0.05) is 13.3 Å². The molecule has 0 saturated heterocycles. The van der Waals surface area contributed by atoms with Crippen LogP contribution in [0.25, 0.3) is 0 Å². The second-order valence-corrected chi connectivity index (χ2v) is 3.23. The van der Waals surface area contributed by atoms with E-state index in [2.05, 4.69) is 6.92 Å². The van der Waals surface area contributed by atoms with Crippen molar-refractivity contribution in [3.63, 3.8) is 0 Å². The Hall–Kier alpha value is -0.160. The lowest BCUT2D eigenvalue weighted by Gasteiger charge is -2.10. The summed E-state index contributed by atoms with van der Waals surface area (Å²) in [5.41, 5.74) is 5.76. The van der Waals surface area contributed by atoms with Crippen LogP contribution in [-0.4, -0.2) is 46.2 Å². The Morgan fingerprint density at radius 1 is 1.07 bits per heavy atom. The zero-order valence-corrected chi connectivity index (χ0v) is 9.33. The Bertz CT molecular complexity index is 112. The number of rotatable bonds is 10. The van der Waals surface area contributed by atoms with Crippen molar-refractivity contribution < 1.29 is 14.2 Å². The lowest BCUT2D eigenvalue weighted by atomic mass is 10.2. The molecule has 0 spiro atoms. The van der Waals surface area contributed by atoms with Crippen LogP contribution < -0.4 is 5.73 Å². The lowest BCUT2D eigenvalue weighted by molar-refractivity contribution is 0.0212. The van der Waals surface area contributed by atoms with Gasteiger partial charge >= 0.3 is 0 Å². The molecule has 0 rings (SSSR count). The molecule has 0 aromatic heterocycles. The average molecular weight is 205 g/mol. The van der Waals surface area contributed by atoms with Gasteiger partial charge < -0.3 is 19.9 Å². The second kappa shape index (κ2) is 10.9. The number of ether oxygens (including phenoxy) is 3. The van der Waals surface area contributed by atoms with E-state index in [4.69, 9.17) is 19.9 Å². The summed E-state index contributed by atoms with van der Waals surface area (Å²) in [5.74, 6) is 0. The van der Waals surface area contributed by atoms with Crippen LogP contribution in [0.4, 0.5) is 0 Å². The smallest absolute Gasteiger partial charge is 0.0701 e. The first kappa shape index (κ1) is 13.8. The Balaban J connectivity index is 2.98. The Kier molecular flexibility index (Phi) is 10.8. The van der Waals surface area contributed by atoms with Crippen LogP contribution in [0.2, 0.25) is 0 Å². The maximum atomic E-state index is 5.76. The van der Waals surface area contributed by atoms with Gasteiger partial charge in [0.2, 0.25) is 0 Å². The number of methoxy groups -OCH3 is 1. The van der Waals surface area contributed by atoms with Crippen LogP contribution in [0.15, 0.2) is 0 Å². The molecule has 86 valence electrons. The van der Waals surface area contributed by atoms with Gasteiger partial charge in [0.1, 0.15) is 0 Å². The SMILES string of the molecule is CCCC(N)COCCOCCOC. The van der Waals surface area contributed by atoms with Gasteiger partial charge in [-0.15, -0.1) is 0 Å². The first-order chi connectivity index (χ1) is 6.81. The predicted molar refractivity (Wildman–Crippen MR) is 56.4 cm³/mol. The minimum Gasteiger partial charge on any atom is -0.382 e. The normalized spacial score (nSPS) is 13.1. The van der Waals surface area contributed by atoms with E-state index in [1.807, 2.05) is 0 Å². The van der Waals surface area contributed by atoms with Gasteiger partial charge in [0, 0.05) is 13.2 Å². The van der Waals surface area contributed by atoms with E-state index in [0.717, 1.165) is 12.8 Å². The van der Waals surface area contributed by atoms with Gasteiger partial charge in [0.25, 0.3) is 0 Å². The van der Waals surface area contributed by atoms with E-state index in [1.54, 1.807) is 7.11 Å². The predicted octanol–water partition coefficient (Wildman–Crippen LogP) is 0.793. The third kappa shape index (κ3) is 9.92. The first-order valence-corrected chi connectivity index (χ1v) is 5.21. The molecular formula is C10H23NO3.